The van der Waals surface area contributed by atoms with Gasteiger partial charge in [-0.1, -0.05) is 69.3 Å². The number of amidine groups is 1. The summed E-state index contributed by atoms with van der Waals surface area (Å²) in [5.41, 5.74) is 7.28. The third-order valence-corrected chi connectivity index (χ3v) is 8.79. The molecular weight excluding hydrogens is 512 g/mol. The minimum Gasteiger partial charge on any atom is -0.360 e. The zero-order valence-electron chi connectivity index (χ0n) is 24.7. The number of hydrogen-bond donors (Lipinski definition) is 1. The fraction of sp³-hybridized carbons (Fsp3) is 0.412. The SMILES string of the molecule is CC.Cc1cccc(NSC2CCCc3ccc(N(CC4=NCCN4C)C(=O)C[C@H](C)c4ccccc4)cc32)c1. The first-order chi connectivity index (χ1) is 19.5. The van der Waals surface area contributed by atoms with E-state index in [9.17, 15) is 4.79 Å². The Labute approximate surface area is 245 Å². The Balaban J connectivity index is 0.00000181. The van der Waals surface area contributed by atoms with E-state index in [0.717, 1.165) is 43.1 Å². The maximum atomic E-state index is 13.8. The molecule has 0 fully saturated rings. The fourth-order valence-corrected chi connectivity index (χ4v) is 6.40. The van der Waals surface area contributed by atoms with Crippen molar-refractivity contribution in [2.24, 2.45) is 4.99 Å². The lowest BCUT2D eigenvalue weighted by atomic mass is 9.90. The maximum Gasteiger partial charge on any atom is 0.228 e. The van der Waals surface area contributed by atoms with Gasteiger partial charge in [-0.15, -0.1) is 0 Å². The highest BCUT2D eigenvalue weighted by Gasteiger charge is 2.27. The Kier molecular flexibility index (Phi) is 10.7. The molecule has 0 radical (unpaired) electrons. The van der Waals surface area contributed by atoms with Crippen molar-refractivity contribution < 1.29 is 4.79 Å². The number of hydrogen-bond acceptors (Lipinski definition) is 5. The summed E-state index contributed by atoms with van der Waals surface area (Å²) in [6.07, 6.45) is 3.85. The van der Waals surface area contributed by atoms with Crippen molar-refractivity contribution in [3.05, 3.63) is 95.1 Å². The quantitative estimate of drug-likeness (QED) is 0.271. The van der Waals surface area contributed by atoms with E-state index in [1.807, 2.05) is 36.9 Å². The summed E-state index contributed by atoms with van der Waals surface area (Å²) in [5.74, 6) is 1.27. The molecule has 2 aliphatic rings. The van der Waals surface area contributed by atoms with Crippen LogP contribution in [0, 0.1) is 6.92 Å². The number of nitrogens with one attached hydrogen (secondary N) is 1. The molecule has 0 saturated heterocycles. The molecule has 40 heavy (non-hydrogen) atoms. The van der Waals surface area contributed by atoms with Crippen LogP contribution >= 0.6 is 11.9 Å². The normalized spacial score (nSPS) is 16.8. The van der Waals surface area contributed by atoms with Crippen LogP contribution < -0.4 is 9.62 Å². The van der Waals surface area contributed by atoms with Crippen molar-refractivity contribution >= 4 is 35.1 Å². The topological polar surface area (TPSA) is 47.9 Å². The van der Waals surface area contributed by atoms with Crippen LogP contribution in [0.2, 0.25) is 0 Å². The van der Waals surface area contributed by atoms with Crippen molar-refractivity contribution in [1.29, 1.82) is 0 Å². The zero-order chi connectivity index (χ0) is 28.5. The van der Waals surface area contributed by atoms with Gasteiger partial charge in [0.1, 0.15) is 5.84 Å². The second kappa shape index (κ2) is 14.4. The molecule has 1 aliphatic heterocycles. The van der Waals surface area contributed by atoms with Crippen LogP contribution in [-0.2, 0) is 11.2 Å². The molecule has 5 nitrogen and oxygen atoms in total. The molecule has 6 heteroatoms. The standard InChI is InChI=1S/C32H38N4OS.C2H6/c1-23-9-7-13-27(19-23)34-38-30-14-8-12-26-15-16-28(21-29(26)30)36(22-31-33-17-18-35(31)3)32(37)20-24(2)25-10-5-4-6-11-25;1-2/h4-7,9-11,13,15-16,19,21,24,30,34H,8,12,14,17-18,20,22H2,1-3H3;1-2H3/t24-,30?;/m0./s1. The van der Waals surface area contributed by atoms with Gasteiger partial charge < -0.3 is 14.5 Å². The first kappa shape index (κ1) is 29.7. The molecule has 0 spiro atoms. The van der Waals surface area contributed by atoms with Crippen molar-refractivity contribution in [1.82, 2.24) is 4.90 Å². The van der Waals surface area contributed by atoms with Gasteiger partial charge >= 0.3 is 0 Å². The van der Waals surface area contributed by atoms with E-state index in [1.54, 1.807) is 11.9 Å². The molecule has 2 atom stereocenters. The van der Waals surface area contributed by atoms with Gasteiger partial charge in [0.2, 0.25) is 5.91 Å². The predicted octanol–water partition coefficient (Wildman–Crippen LogP) is 8.03. The van der Waals surface area contributed by atoms with Gasteiger partial charge in [0.25, 0.3) is 0 Å². The Morgan fingerprint density at radius 1 is 1.10 bits per heavy atom. The summed E-state index contributed by atoms with van der Waals surface area (Å²) < 4.78 is 3.59. The minimum atomic E-state index is 0.141. The van der Waals surface area contributed by atoms with E-state index in [0.29, 0.717) is 18.2 Å². The molecule has 0 saturated carbocycles. The number of amides is 1. The first-order valence-electron chi connectivity index (χ1n) is 14.7. The van der Waals surface area contributed by atoms with Crippen LogP contribution in [0.15, 0.2) is 77.8 Å². The van der Waals surface area contributed by atoms with E-state index < -0.39 is 0 Å². The highest BCUT2D eigenvalue weighted by Crippen LogP contribution is 2.41. The van der Waals surface area contributed by atoms with Gasteiger partial charge in [0.05, 0.1) is 13.1 Å². The molecule has 5 rings (SSSR count). The smallest absolute Gasteiger partial charge is 0.228 e. The summed E-state index contributed by atoms with van der Waals surface area (Å²) in [6, 6.07) is 25.5. The predicted molar refractivity (Wildman–Crippen MR) is 173 cm³/mol. The van der Waals surface area contributed by atoms with Crippen LogP contribution in [0.4, 0.5) is 11.4 Å². The van der Waals surface area contributed by atoms with Crippen LogP contribution in [0.1, 0.15) is 73.5 Å². The number of aryl methyl sites for hydroxylation is 2. The average molecular weight is 557 g/mol. The molecular formula is C34H44N4OS. The number of carbonyl (C=O) groups excluding carboxylic acids is 1. The minimum absolute atomic E-state index is 0.141. The van der Waals surface area contributed by atoms with Gasteiger partial charge in [0, 0.05) is 36.6 Å². The van der Waals surface area contributed by atoms with E-state index in [1.165, 1.54) is 28.7 Å². The second-order valence-corrected chi connectivity index (χ2v) is 11.6. The van der Waals surface area contributed by atoms with Gasteiger partial charge in [-0.2, -0.15) is 0 Å². The summed E-state index contributed by atoms with van der Waals surface area (Å²) in [4.78, 5) is 22.7. The largest absolute Gasteiger partial charge is 0.360 e. The maximum absolute atomic E-state index is 13.8. The Hall–Kier alpha value is -3.25. The van der Waals surface area contributed by atoms with Gasteiger partial charge in [0.15, 0.2) is 0 Å². The molecule has 3 aromatic carbocycles. The van der Waals surface area contributed by atoms with Crippen molar-refractivity contribution in [2.45, 2.75) is 64.5 Å². The molecule has 1 unspecified atom stereocenters. The third-order valence-electron chi connectivity index (χ3n) is 7.66. The molecule has 1 amide bonds. The van der Waals surface area contributed by atoms with E-state index in [4.69, 9.17) is 4.99 Å². The molecule has 0 bridgehead atoms. The van der Waals surface area contributed by atoms with Crippen molar-refractivity contribution in [2.75, 3.05) is 36.3 Å². The summed E-state index contributed by atoms with van der Waals surface area (Å²) in [7, 11) is 2.07. The number of carbonyl (C=O) groups is 1. The Bertz CT molecular complexity index is 1290. The molecule has 212 valence electrons. The average Bonchev–Trinajstić information content (AvgIpc) is 3.40. The lowest BCUT2D eigenvalue weighted by molar-refractivity contribution is -0.118. The number of anilines is 2. The first-order valence-corrected chi connectivity index (χ1v) is 15.6. The lowest BCUT2D eigenvalue weighted by Gasteiger charge is -2.30. The van der Waals surface area contributed by atoms with E-state index in [-0.39, 0.29) is 11.8 Å². The van der Waals surface area contributed by atoms with Crippen LogP contribution in [0.25, 0.3) is 0 Å². The highest BCUT2D eigenvalue weighted by molar-refractivity contribution is 8.00. The number of aliphatic imine (C=N–C) groups is 1. The van der Waals surface area contributed by atoms with Crippen LogP contribution in [0.3, 0.4) is 0 Å². The fourth-order valence-electron chi connectivity index (χ4n) is 5.37. The number of likely N-dealkylation sites (N-methyl/N-ethyl adjacent to an activating group) is 1. The molecule has 1 N–H and O–H groups in total. The number of rotatable bonds is 9. The van der Waals surface area contributed by atoms with Crippen LogP contribution in [-0.4, -0.2) is 43.3 Å². The third kappa shape index (κ3) is 7.48. The molecule has 0 aromatic heterocycles. The van der Waals surface area contributed by atoms with Crippen LogP contribution in [0.5, 0.6) is 0 Å². The summed E-state index contributed by atoms with van der Waals surface area (Å²) >= 11 is 1.79. The second-order valence-electron chi connectivity index (χ2n) is 10.6. The highest BCUT2D eigenvalue weighted by atomic mass is 32.2. The summed E-state index contributed by atoms with van der Waals surface area (Å²) in [6.45, 7) is 10.5. The lowest BCUT2D eigenvalue weighted by Crippen LogP contribution is -2.40. The zero-order valence-corrected chi connectivity index (χ0v) is 25.5. The molecule has 1 aliphatic carbocycles. The summed E-state index contributed by atoms with van der Waals surface area (Å²) in [5, 5.41) is 0.339. The molecule has 1 heterocycles. The van der Waals surface area contributed by atoms with Gasteiger partial charge in [-0.25, -0.2) is 0 Å². The number of benzene rings is 3. The number of nitrogens with zero attached hydrogens (tertiary/aromatic N) is 3. The van der Waals surface area contributed by atoms with Gasteiger partial charge in [-0.05, 0) is 90.6 Å². The molecule has 3 aromatic rings. The van der Waals surface area contributed by atoms with E-state index in [2.05, 4.69) is 85.1 Å². The van der Waals surface area contributed by atoms with Crippen molar-refractivity contribution in [3.8, 4) is 0 Å². The number of fused-ring (bicyclic) bond motifs is 1. The van der Waals surface area contributed by atoms with E-state index >= 15 is 0 Å². The Morgan fingerprint density at radius 2 is 1.90 bits per heavy atom. The van der Waals surface area contributed by atoms with Gasteiger partial charge in [-0.3, -0.25) is 9.79 Å². The monoisotopic (exact) mass is 556 g/mol. The Morgan fingerprint density at radius 3 is 2.62 bits per heavy atom. The van der Waals surface area contributed by atoms with Crippen molar-refractivity contribution in [3.63, 3.8) is 0 Å².